The number of nitrogens with one attached hydrogen (secondary N) is 1. The summed E-state index contributed by atoms with van der Waals surface area (Å²) in [6.45, 7) is 7.55. The summed E-state index contributed by atoms with van der Waals surface area (Å²) in [5.74, 6) is 1.45. The van der Waals surface area contributed by atoms with Gasteiger partial charge in [0, 0.05) is 26.1 Å². The highest BCUT2D eigenvalue weighted by molar-refractivity contribution is 5.73. The molecule has 0 aliphatic carbocycles. The number of ether oxygens (including phenoxy) is 2. The first kappa shape index (κ1) is 20.2. The van der Waals surface area contributed by atoms with Crippen molar-refractivity contribution in [2.24, 2.45) is 0 Å². The third-order valence-electron chi connectivity index (χ3n) is 5.57. The number of hydrogen-bond donors (Lipinski definition) is 1. The first-order valence-corrected chi connectivity index (χ1v) is 9.75. The lowest BCUT2D eigenvalue weighted by Crippen LogP contribution is -2.46. The van der Waals surface area contributed by atoms with Gasteiger partial charge in [0.05, 0.1) is 20.3 Å². The predicted molar refractivity (Wildman–Crippen MR) is 111 cm³/mol. The van der Waals surface area contributed by atoms with Gasteiger partial charge < -0.3 is 14.8 Å². The van der Waals surface area contributed by atoms with Crippen LogP contribution in [0, 0.1) is 6.92 Å². The van der Waals surface area contributed by atoms with Crippen LogP contribution in [0.15, 0.2) is 36.4 Å². The van der Waals surface area contributed by atoms with E-state index in [1.54, 1.807) is 21.1 Å². The molecule has 2 atom stereocenters. The van der Waals surface area contributed by atoms with E-state index in [9.17, 15) is 4.79 Å². The molecule has 5 nitrogen and oxygen atoms in total. The van der Waals surface area contributed by atoms with Crippen LogP contribution in [0.3, 0.4) is 0 Å². The van der Waals surface area contributed by atoms with E-state index in [4.69, 9.17) is 9.47 Å². The Balaban J connectivity index is 2.02. The lowest BCUT2D eigenvalue weighted by Gasteiger charge is -2.41. The summed E-state index contributed by atoms with van der Waals surface area (Å²) in [7, 11) is 3.32. The molecule has 1 aliphatic heterocycles. The van der Waals surface area contributed by atoms with Crippen molar-refractivity contribution >= 4 is 5.91 Å². The third kappa shape index (κ3) is 4.14. The minimum absolute atomic E-state index is 0.0176. The molecule has 5 heteroatoms. The number of carbonyl (C=O) groups excluding carboxylic acids is 1. The molecule has 0 aromatic heterocycles. The molecule has 1 amide bonds. The van der Waals surface area contributed by atoms with Crippen LogP contribution < -0.4 is 14.8 Å². The highest BCUT2D eigenvalue weighted by Gasteiger charge is 2.33. The molecule has 3 rings (SSSR count). The molecule has 1 N–H and O–H groups in total. The van der Waals surface area contributed by atoms with Crippen molar-refractivity contribution in [2.45, 2.75) is 45.8 Å². The molecule has 0 spiro atoms. The zero-order valence-electron chi connectivity index (χ0n) is 17.4. The van der Waals surface area contributed by atoms with Crippen LogP contribution in [0.4, 0.5) is 0 Å². The fourth-order valence-electron chi connectivity index (χ4n) is 4.20. The van der Waals surface area contributed by atoms with E-state index >= 15 is 0 Å². The van der Waals surface area contributed by atoms with Gasteiger partial charge in [-0.2, -0.15) is 0 Å². The van der Waals surface area contributed by atoms with Gasteiger partial charge in [-0.25, -0.2) is 0 Å². The van der Waals surface area contributed by atoms with E-state index in [0.717, 1.165) is 31.0 Å². The number of methoxy groups -OCH3 is 2. The van der Waals surface area contributed by atoms with Gasteiger partial charge in [-0.15, -0.1) is 0 Å². The number of fused-ring (bicyclic) bond motifs is 1. The fourth-order valence-corrected chi connectivity index (χ4v) is 4.20. The molecule has 0 saturated heterocycles. The standard InChI is InChI=1S/C23H30N2O3/c1-15-8-6-7-9-19(15)14-25-11-10-18-12-21(27-4)22(28-5)13-20(18)23(25)16(2)24-17(3)26/h6-9,12-13,16,23H,10-11,14H2,1-5H3,(H,24,26)/t16-,23-/m1/s1. The van der Waals surface area contributed by atoms with Crippen LogP contribution >= 0.6 is 0 Å². The first-order valence-electron chi connectivity index (χ1n) is 9.75. The molecular weight excluding hydrogens is 352 g/mol. The highest BCUT2D eigenvalue weighted by atomic mass is 16.5. The van der Waals surface area contributed by atoms with Crippen LogP contribution in [0.1, 0.15) is 42.1 Å². The Morgan fingerprint density at radius 3 is 2.54 bits per heavy atom. The van der Waals surface area contributed by atoms with Crippen LogP contribution in [0.2, 0.25) is 0 Å². The number of benzene rings is 2. The monoisotopic (exact) mass is 382 g/mol. The molecule has 0 unspecified atom stereocenters. The maximum absolute atomic E-state index is 11.8. The molecule has 0 radical (unpaired) electrons. The molecule has 150 valence electrons. The molecule has 28 heavy (non-hydrogen) atoms. The second-order valence-electron chi connectivity index (χ2n) is 7.49. The van der Waals surface area contributed by atoms with Crippen LogP contribution in [-0.4, -0.2) is 37.6 Å². The van der Waals surface area contributed by atoms with Gasteiger partial charge in [0.2, 0.25) is 5.91 Å². The minimum atomic E-state index is -0.0290. The minimum Gasteiger partial charge on any atom is -0.493 e. The topological polar surface area (TPSA) is 50.8 Å². The van der Waals surface area contributed by atoms with Gasteiger partial charge >= 0.3 is 0 Å². The summed E-state index contributed by atoms with van der Waals surface area (Å²) >= 11 is 0. The summed E-state index contributed by atoms with van der Waals surface area (Å²) in [5.41, 5.74) is 5.04. The molecule has 2 aromatic rings. The Morgan fingerprint density at radius 2 is 1.89 bits per heavy atom. The van der Waals surface area contributed by atoms with Crippen molar-refractivity contribution in [1.82, 2.24) is 10.2 Å². The summed E-state index contributed by atoms with van der Waals surface area (Å²) in [5, 5.41) is 3.10. The summed E-state index contributed by atoms with van der Waals surface area (Å²) in [4.78, 5) is 14.2. The van der Waals surface area contributed by atoms with Gasteiger partial charge in [0.25, 0.3) is 0 Å². The largest absolute Gasteiger partial charge is 0.493 e. The predicted octanol–water partition coefficient (Wildman–Crippen LogP) is 3.64. The van der Waals surface area contributed by atoms with Gasteiger partial charge in [0.1, 0.15) is 0 Å². The van der Waals surface area contributed by atoms with Gasteiger partial charge in [-0.3, -0.25) is 9.69 Å². The number of rotatable bonds is 6. The number of nitrogens with zero attached hydrogens (tertiary/aromatic N) is 1. The average molecular weight is 383 g/mol. The number of hydrogen-bond acceptors (Lipinski definition) is 4. The SMILES string of the molecule is COc1cc2c(cc1OC)[C@@H]([C@@H](C)NC(C)=O)N(Cc1ccccc1C)CC2. The van der Waals surface area contributed by atoms with Crippen LogP contribution in [0.25, 0.3) is 0 Å². The Kier molecular flexibility index (Phi) is 6.25. The van der Waals surface area contributed by atoms with E-state index in [1.165, 1.54) is 22.3 Å². The van der Waals surface area contributed by atoms with Gasteiger partial charge in [-0.05, 0) is 54.7 Å². The summed E-state index contributed by atoms with van der Waals surface area (Å²) < 4.78 is 11.0. The molecule has 1 heterocycles. The lowest BCUT2D eigenvalue weighted by molar-refractivity contribution is -0.120. The Bertz CT molecular complexity index is 850. The van der Waals surface area contributed by atoms with E-state index in [0.29, 0.717) is 0 Å². The maximum atomic E-state index is 11.8. The molecule has 0 saturated carbocycles. The van der Waals surface area contributed by atoms with Crippen molar-refractivity contribution in [3.63, 3.8) is 0 Å². The smallest absolute Gasteiger partial charge is 0.217 e. The fraction of sp³-hybridized carbons (Fsp3) is 0.435. The Labute approximate surface area is 167 Å². The lowest BCUT2D eigenvalue weighted by atomic mass is 9.87. The zero-order chi connectivity index (χ0) is 20.3. The van der Waals surface area contributed by atoms with E-state index in [2.05, 4.69) is 60.5 Å². The number of amides is 1. The zero-order valence-corrected chi connectivity index (χ0v) is 17.4. The number of carbonyl (C=O) groups is 1. The van der Waals surface area contributed by atoms with Crippen molar-refractivity contribution in [1.29, 1.82) is 0 Å². The molecule has 2 aromatic carbocycles. The second kappa shape index (κ2) is 8.65. The van der Waals surface area contributed by atoms with Crippen molar-refractivity contribution in [2.75, 3.05) is 20.8 Å². The summed E-state index contributed by atoms with van der Waals surface area (Å²) in [6.07, 6.45) is 0.935. The normalized spacial score (nSPS) is 17.5. The molecule has 0 fully saturated rings. The van der Waals surface area contributed by atoms with Crippen molar-refractivity contribution in [3.8, 4) is 11.5 Å². The van der Waals surface area contributed by atoms with Crippen molar-refractivity contribution < 1.29 is 14.3 Å². The van der Waals surface area contributed by atoms with E-state index < -0.39 is 0 Å². The molecule has 0 bridgehead atoms. The summed E-state index contributed by atoms with van der Waals surface area (Å²) in [6, 6.07) is 12.7. The van der Waals surface area contributed by atoms with Gasteiger partial charge in [0.15, 0.2) is 11.5 Å². The Morgan fingerprint density at radius 1 is 1.21 bits per heavy atom. The molecule has 1 aliphatic rings. The maximum Gasteiger partial charge on any atom is 0.217 e. The third-order valence-corrected chi connectivity index (χ3v) is 5.57. The van der Waals surface area contributed by atoms with Crippen LogP contribution in [-0.2, 0) is 17.8 Å². The van der Waals surface area contributed by atoms with Crippen molar-refractivity contribution in [3.05, 3.63) is 58.7 Å². The van der Waals surface area contributed by atoms with E-state index in [-0.39, 0.29) is 18.0 Å². The average Bonchev–Trinajstić information content (AvgIpc) is 2.67. The highest BCUT2D eigenvalue weighted by Crippen LogP contribution is 2.40. The second-order valence-corrected chi connectivity index (χ2v) is 7.49. The first-order chi connectivity index (χ1) is 13.4. The van der Waals surface area contributed by atoms with Gasteiger partial charge in [-0.1, -0.05) is 24.3 Å². The molecular formula is C23H30N2O3. The number of aryl methyl sites for hydroxylation is 1. The van der Waals surface area contributed by atoms with Crippen LogP contribution in [0.5, 0.6) is 11.5 Å². The Hall–Kier alpha value is -2.53. The quantitative estimate of drug-likeness (QED) is 0.829. The van der Waals surface area contributed by atoms with E-state index in [1.807, 2.05) is 0 Å².